The highest BCUT2D eigenvalue weighted by atomic mass is 16.2. The van der Waals surface area contributed by atoms with Crippen LogP contribution in [-0.4, -0.2) is 40.0 Å². The number of carbonyl (C=O) groups is 2. The number of carbonyl (C=O) groups excluding carboxylic acids is 2. The van der Waals surface area contributed by atoms with E-state index in [1.807, 2.05) is 86.5 Å². The number of nitrogens with zero attached hydrogens (tertiary/aromatic N) is 2. The van der Waals surface area contributed by atoms with E-state index < -0.39 is 12.1 Å². The lowest BCUT2D eigenvalue weighted by Crippen LogP contribution is -2.33. The van der Waals surface area contributed by atoms with Crippen molar-refractivity contribution in [2.24, 2.45) is 0 Å². The number of benzene rings is 2. The number of hydrogen-bond acceptors (Lipinski definition) is 4. The highest BCUT2D eigenvalue weighted by molar-refractivity contribution is 6.14. The van der Waals surface area contributed by atoms with Gasteiger partial charge in [-0.15, -0.1) is 0 Å². The predicted molar refractivity (Wildman–Crippen MR) is 110 cm³/mol. The van der Waals surface area contributed by atoms with Crippen LogP contribution in [0.1, 0.15) is 23.2 Å². The van der Waals surface area contributed by atoms with E-state index in [9.17, 15) is 9.59 Å². The Kier molecular flexibility index (Phi) is 4.34. The van der Waals surface area contributed by atoms with Crippen LogP contribution in [-0.2, 0) is 9.59 Å². The Morgan fingerprint density at radius 3 is 1.21 bits per heavy atom. The van der Waals surface area contributed by atoms with Gasteiger partial charge in [-0.2, -0.15) is 0 Å². The molecule has 0 spiro atoms. The van der Waals surface area contributed by atoms with Gasteiger partial charge in [-0.25, -0.2) is 0 Å². The molecule has 0 fully saturated rings. The molecule has 0 saturated carbocycles. The fourth-order valence-corrected chi connectivity index (χ4v) is 3.81. The Morgan fingerprint density at radius 1 is 0.607 bits per heavy atom. The predicted octanol–water partition coefficient (Wildman–Crippen LogP) is 2.16. The molecule has 0 bridgehead atoms. The third-order valence-corrected chi connectivity index (χ3v) is 5.39. The van der Waals surface area contributed by atoms with Crippen molar-refractivity contribution >= 4 is 23.2 Å². The quantitative estimate of drug-likeness (QED) is 0.858. The van der Waals surface area contributed by atoms with Gasteiger partial charge in [-0.1, -0.05) is 24.3 Å². The van der Waals surface area contributed by atoms with Crippen LogP contribution < -0.4 is 20.4 Å². The second kappa shape index (κ2) is 6.71. The molecule has 6 nitrogen and oxygen atoms in total. The Morgan fingerprint density at radius 2 is 0.929 bits per heavy atom. The molecule has 4 rings (SSSR count). The largest absolute Gasteiger partial charge is 0.378 e. The summed E-state index contributed by atoms with van der Waals surface area (Å²) in [6.45, 7) is 0. The van der Waals surface area contributed by atoms with Crippen molar-refractivity contribution in [3.8, 4) is 0 Å². The lowest BCUT2D eigenvalue weighted by Gasteiger charge is -2.19. The average molecular weight is 376 g/mol. The Bertz CT molecular complexity index is 880. The van der Waals surface area contributed by atoms with Gasteiger partial charge in [0, 0.05) is 39.6 Å². The zero-order valence-electron chi connectivity index (χ0n) is 16.5. The third-order valence-electron chi connectivity index (χ3n) is 5.39. The molecule has 2 heterocycles. The van der Waals surface area contributed by atoms with E-state index in [0.717, 1.165) is 22.5 Å². The Balaban J connectivity index is 1.68. The Labute approximate surface area is 164 Å². The van der Waals surface area contributed by atoms with Crippen molar-refractivity contribution in [3.63, 3.8) is 0 Å². The maximum atomic E-state index is 12.7. The zero-order valence-corrected chi connectivity index (χ0v) is 16.5. The maximum Gasteiger partial charge on any atom is 0.250 e. The van der Waals surface area contributed by atoms with Crippen molar-refractivity contribution in [2.75, 3.05) is 38.0 Å². The molecule has 28 heavy (non-hydrogen) atoms. The van der Waals surface area contributed by atoms with Crippen LogP contribution >= 0.6 is 0 Å². The van der Waals surface area contributed by atoms with E-state index >= 15 is 0 Å². The second-order valence-electron chi connectivity index (χ2n) is 7.61. The van der Waals surface area contributed by atoms with Gasteiger partial charge in [0.1, 0.15) is 0 Å². The summed E-state index contributed by atoms with van der Waals surface area (Å²) < 4.78 is 0. The van der Waals surface area contributed by atoms with Gasteiger partial charge in [0.15, 0.2) is 0 Å². The summed E-state index contributed by atoms with van der Waals surface area (Å²) in [7, 11) is 7.90. The van der Waals surface area contributed by atoms with Crippen molar-refractivity contribution in [1.82, 2.24) is 10.6 Å². The van der Waals surface area contributed by atoms with Gasteiger partial charge in [0.25, 0.3) is 11.8 Å². The SMILES string of the molecule is CN(C)c1ccc(C2NC(=O)C3=C2C(=O)NC3c2ccc(N(C)C)cc2)cc1. The first-order valence-corrected chi connectivity index (χ1v) is 9.27. The number of anilines is 2. The molecule has 2 aromatic rings. The van der Waals surface area contributed by atoms with Crippen LogP contribution in [0.25, 0.3) is 0 Å². The number of rotatable bonds is 4. The Hall–Kier alpha value is -3.28. The summed E-state index contributed by atoms with van der Waals surface area (Å²) in [5.41, 5.74) is 5.01. The topological polar surface area (TPSA) is 64.7 Å². The molecule has 2 N–H and O–H groups in total. The fraction of sp³-hybridized carbons (Fsp3) is 0.273. The van der Waals surface area contributed by atoms with Crippen molar-refractivity contribution in [3.05, 3.63) is 70.8 Å². The third kappa shape index (κ3) is 2.91. The van der Waals surface area contributed by atoms with Gasteiger partial charge in [-0.05, 0) is 35.4 Å². The van der Waals surface area contributed by atoms with Crippen LogP contribution in [0.15, 0.2) is 59.7 Å². The molecule has 0 saturated heterocycles. The molecule has 0 radical (unpaired) electrons. The molecule has 2 aliphatic heterocycles. The van der Waals surface area contributed by atoms with Crippen LogP contribution in [0.4, 0.5) is 11.4 Å². The van der Waals surface area contributed by atoms with E-state index in [4.69, 9.17) is 0 Å². The smallest absolute Gasteiger partial charge is 0.250 e. The van der Waals surface area contributed by atoms with E-state index in [-0.39, 0.29) is 11.8 Å². The molecule has 2 aromatic carbocycles. The molecule has 2 amide bonds. The van der Waals surface area contributed by atoms with Gasteiger partial charge in [-0.3, -0.25) is 9.59 Å². The molecule has 2 aliphatic rings. The minimum atomic E-state index is -0.412. The molecule has 2 atom stereocenters. The lowest BCUT2D eigenvalue weighted by molar-refractivity contribution is -0.118. The average Bonchev–Trinajstić information content (AvgIpc) is 3.20. The van der Waals surface area contributed by atoms with Crippen LogP contribution in [0.3, 0.4) is 0 Å². The van der Waals surface area contributed by atoms with Crippen molar-refractivity contribution in [2.45, 2.75) is 12.1 Å². The summed E-state index contributed by atoms with van der Waals surface area (Å²) in [4.78, 5) is 29.5. The standard InChI is InChI=1S/C22H24N4O2/c1-25(2)15-9-5-13(6-10-15)19-17-18(22(28)23-19)20(24-21(17)27)14-7-11-16(12-8-14)26(3)4/h5-12,19-20H,1-4H3,(H,23,28)(H,24,27). The fourth-order valence-electron chi connectivity index (χ4n) is 3.81. The van der Waals surface area contributed by atoms with Gasteiger partial charge >= 0.3 is 0 Å². The van der Waals surface area contributed by atoms with Crippen molar-refractivity contribution in [1.29, 1.82) is 0 Å². The number of nitrogens with one attached hydrogen (secondary N) is 2. The number of hydrogen-bond donors (Lipinski definition) is 2. The minimum Gasteiger partial charge on any atom is -0.378 e. The molecule has 2 unspecified atom stereocenters. The van der Waals surface area contributed by atoms with Crippen LogP contribution in [0, 0.1) is 0 Å². The van der Waals surface area contributed by atoms with E-state index in [1.54, 1.807) is 0 Å². The van der Waals surface area contributed by atoms with Crippen LogP contribution in [0.5, 0.6) is 0 Å². The molecule has 6 heteroatoms. The first-order chi connectivity index (χ1) is 13.4. The molecule has 0 aromatic heterocycles. The molecular weight excluding hydrogens is 352 g/mol. The lowest BCUT2D eigenvalue weighted by atomic mass is 9.95. The van der Waals surface area contributed by atoms with Crippen molar-refractivity contribution < 1.29 is 9.59 Å². The summed E-state index contributed by atoms with van der Waals surface area (Å²) in [5, 5.41) is 5.97. The second-order valence-corrected chi connectivity index (χ2v) is 7.61. The van der Waals surface area contributed by atoms with E-state index in [2.05, 4.69) is 10.6 Å². The summed E-state index contributed by atoms with van der Waals surface area (Å²) >= 11 is 0. The van der Waals surface area contributed by atoms with Crippen LogP contribution in [0.2, 0.25) is 0 Å². The summed E-state index contributed by atoms with van der Waals surface area (Å²) in [6.07, 6.45) is 0. The highest BCUT2D eigenvalue weighted by Crippen LogP contribution is 2.41. The summed E-state index contributed by atoms with van der Waals surface area (Å²) in [5.74, 6) is -0.367. The minimum absolute atomic E-state index is 0.184. The molecule has 144 valence electrons. The first kappa shape index (κ1) is 18.1. The molecule has 0 aliphatic carbocycles. The maximum absolute atomic E-state index is 12.7. The van der Waals surface area contributed by atoms with E-state index in [1.165, 1.54) is 0 Å². The number of amides is 2. The molecular formula is C22H24N4O2. The summed E-state index contributed by atoms with van der Waals surface area (Å²) in [6, 6.07) is 15.0. The highest BCUT2D eigenvalue weighted by Gasteiger charge is 2.45. The zero-order chi connectivity index (χ0) is 20.0. The van der Waals surface area contributed by atoms with E-state index in [0.29, 0.717) is 11.1 Å². The van der Waals surface area contributed by atoms with Gasteiger partial charge < -0.3 is 20.4 Å². The monoisotopic (exact) mass is 376 g/mol. The first-order valence-electron chi connectivity index (χ1n) is 9.27. The normalized spacial score (nSPS) is 20.7. The van der Waals surface area contributed by atoms with Gasteiger partial charge in [0.2, 0.25) is 0 Å². The van der Waals surface area contributed by atoms with Gasteiger partial charge in [0.05, 0.1) is 23.2 Å².